The van der Waals surface area contributed by atoms with Crippen LogP contribution in [0, 0.1) is 11.3 Å². The van der Waals surface area contributed by atoms with Gasteiger partial charge in [0.15, 0.2) is 0 Å². The molecule has 2 nitrogen and oxygen atoms in total. The molecule has 3 rings (SSSR count). The van der Waals surface area contributed by atoms with Gasteiger partial charge in [0.2, 0.25) is 0 Å². The molecule has 1 saturated heterocycles. The van der Waals surface area contributed by atoms with Gasteiger partial charge in [-0.15, -0.1) is 0 Å². The number of aryl methyl sites for hydroxylation is 1. The molecule has 0 aromatic heterocycles. The van der Waals surface area contributed by atoms with Gasteiger partial charge in [-0.3, -0.25) is 4.90 Å². The summed E-state index contributed by atoms with van der Waals surface area (Å²) in [5.41, 5.74) is 4.50. The lowest BCUT2D eigenvalue weighted by Crippen LogP contribution is -2.33. The van der Waals surface area contributed by atoms with Crippen LogP contribution in [0.2, 0.25) is 0 Å². The molecule has 1 aliphatic rings. The van der Waals surface area contributed by atoms with E-state index in [2.05, 4.69) is 49.1 Å². The highest BCUT2D eigenvalue weighted by Crippen LogP contribution is 2.24. The van der Waals surface area contributed by atoms with Crippen LogP contribution in [0.5, 0.6) is 0 Å². The number of likely N-dealkylation sites (tertiary alicyclic amines) is 1. The zero-order chi connectivity index (χ0) is 16.9. The third kappa shape index (κ3) is 3.86. The SMILES string of the molecule is C[C@@H]1CC[C@@H](C)N1CCCc1ccc(-c2ccc(C#N)cc2)cc1. The summed E-state index contributed by atoms with van der Waals surface area (Å²) >= 11 is 0. The number of hydrogen-bond donors (Lipinski definition) is 0. The fourth-order valence-corrected chi connectivity index (χ4v) is 3.76. The van der Waals surface area contributed by atoms with E-state index < -0.39 is 0 Å². The summed E-state index contributed by atoms with van der Waals surface area (Å²) in [6.45, 7) is 5.92. The van der Waals surface area contributed by atoms with Gasteiger partial charge >= 0.3 is 0 Å². The summed E-state index contributed by atoms with van der Waals surface area (Å²) < 4.78 is 0. The molecule has 0 amide bonds. The largest absolute Gasteiger partial charge is 0.298 e. The third-order valence-electron chi connectivity index (χ3n) is 5.32. The smallest absolute Gasteiger partial charge is 0.0991 e. The Morgan fingerprint density at radius 2 is 1.46 bits per heavy atom. The van der Waals surface area contributed by atoms with Gasteiger partial charge in [0, 0.05) is 12.1 Å². The second-order valence-electron chi connectivity index (χ2n) is 7.00. The van der Waals surface area contributed by atoms with Crippen molar-refractivity contribution in [2.45, 2.75) is 51.6 Å². The van der Waals surface area contributed by atoms with E-state index in [4.69, 9.17) is 5.26 Å². The molecule has 2 atom stereocenters. The van der Waals surface area contributed by atoms with Crippen LogP contribution in [0.3, 0.4) is 0 Å². The molecular formula is C22H26N2. The molecule has 24 heavy (non-hydrogen) atoms. The fourth-order valence-electron chi connectivity index (χ4n) is 3.76. The molecule has 0 saturated carbocycles. The highest BCUT2D eigenvalue weighted by molar-refractivity contribution is 5.64. The zero-order valence-electron chi connectivity index (χ0n) is 14.7. The first kappa shape index (κ1) is 16.7. The molecule has 1 fully saturated rings. The Balaban J connectivity index is 1.55. The first-order chi connectivity index (χ1) is 11.7. The van der Waals surface area contributed by atoms with E-state index in [-0.39, 0.29) is 0 Å². The van der Waals surface area contributed by atoms with E-state index in [1.807, 2.05) is 24.3 Å². The maximum Gasteiger partial charge on any atom is 0.0991 e. The quantitative estimate of drug-likeness (QED) is 0.773. The molecule has 0 spiro atoms. The standard InChI is InChI=1S/C22H26N2/c1-17-5-6-18(2)24(17)15-3-4-19-7-11-21(12-8-19)22-13-9-20(16-23)10-14-22/h7-14,17-18H,3-6,15H2,1-2H3/t17-,18-/m1/s1. The van der Waals surface area contributed by atoms with Crippen LogP contribution in [0.4, 0.5) is 0 Å². The molecule has 1 heterocycles. The van der Waals surface area contributed by atoms with Gasteiger partial charge in [-0.25, -0.2) is 0 Å². The van der Waals surface area contributed by atoms with Crippen molar-refractivity contribution in [2.75, 3.05) is 6.54 Å². The van der Waals surface area contributed by atoms with Crippen molar-refractivity contribution in [3.8, 4) is 17.2 Å². The Bertz CT molecular complexity index is 684. The van der Waals surface area contributed by atoms with Crippen molar-refractivity contribution in [1.82, 2.24) is 4.90 Å². The van der Waals surface area contributed by atoms with Gasteiger partial charge < -0.3 is 0 Å². The highest BCUT2D eigenvalue weighted by atomic mass is 15.2. The average molecular weight is 318 g/mol. The lowest BCUT2D eigenvalue weighted by atomic mass is 10.0. The monoisotopic (exact) mass is 318 g/mol. The van der Waals surface area contributed by atoms with Crippen molar-refractivity contribution in [3.63, 3.8) is 0 Å². The van der Waals surface area contributed by atoms with Gasteiger partial charge in [0.05, 0.1) is 11.6 Å². The molecular weight excluding hydrogens is 292 g/mol. The van der Waals surface area contributed by atoms with Crippen LogP contribution < -0.4 is 0 Å². The lowest BCUT2D eigenvalue weighted by Gasteiger charge is -2.25. The molecule has 0 radical (unpaired) electrons. The Morgan fingerprint density at radius 3 is 2.00 bits per heavy atom. The van der Waals surface area contributed by atoms with Gasteiger partial charge in [-0.1, -0.05) is 36.4 Å². The molecule has 2 heteroatoms. The second-order valence-corrected chi connectivity index (χ2v) is 7.00. The third-order valence-corrected chi connectivity index (χ3v) is 5.32. The van der Waals surface area contributed by atoms with Gasteiger partial charge in [0.1, 0.15) is 0 Å². The number of nitrogens with zero attached hydrogens (tertiary/aromatic N) is 2. The maximum atomic E-state index is 8.88. The summed E-state index contributed by atoms with van der Waals surface area (Å²) in [7, 11) is 0. The summed E-state index contributed by atoms with van der Waals surface area (Å²) in [4.78, 5) is 2.66. The van der Waals surface area contributed by atoms with Crippen molar-refractivity contribution in [2.24, 2.45) is 0 Å². The normalized spacial score (nSPS) is 20.9. The number of benzene rings is 2. The van der Waals surface area contributed by atoms with Crippen LogP contribution in [-0.4, -0.2) is 23.5 Å². The van der Waals surface area contributed by atoms with Crippen LogP contribution in [-0.2, 0) is 6.42 Å². The van der Waals surface area contributed by atoms with E-state index in [1.165, 1.54) is 42.5 Å². The van der Waals surface area contributed by atoms with E-state index in [1.54, 1.807) is 0 Å². The predicted molar refractivity (Wildman–Crippen MR) is 99.8 cm³/mol. The minimum Gasteiger partial charge on any atom is -0.298 e. The highest BCUT2D eigenvalue weighted by Gasteiger charge is 2.26. The number of rotatable bonds is 5. The minimum atomic E-state index is 0.709. The molecule has 0 aliphatic carbocycles. The van der Waals surface area contributed by atoms with Gasteiger partial charge in [-0.05, 0) is 74.9 Å². The topological polar surface area (TPSA) is 27.0 Å². The van der Waals surface area contributed by atoms with Crippen LogP contribution in [0.15, 0.2) is 48.5 Å². The molecule has 0 unspecified atom stereocenters. The van der Waals surface area contributed by atoms with E-state index in [0.29, 0.717) is 5.56 Å². The second kappa shape index (κ2) is 7.64. The minimum absolute atomic E-state index is 0.709. The average Bonchev–Trinajstić information content (AvgIpc) is 2.94. The summed E-state index contributed by atoms with van der Waals surface area (Å²) in [5, 5.41) is 8.88. The van der Waals surface area contributed by atoms with Gasteiger partial charge in [0.25, 0.3) is 0 Å². The Hall–Kier alpha value is -2.11. The van der Waals surface area contributed by atoms with Crippen molar-refractivity contribution < 1.29 is 0 Å². The van der Waals surface area contributed by atoms with Crippen molar-refractivity contribution in [3.05, 3.63) is 59.7 Å². The van der Waals surface area contributed by atoms with Crippen molar-refractivity contribution >= 4 is 0 Å². The zero-order valence-corrected chi connectivity index (χ0v) is 14.7. The Morgan fingerprint density at radius 1 is 0.917 bits per heavy atom. The van der Waals surface area contributed by atoms with E-state index in [0.717, 1.165) is 18.5 Å². The first-order valence-electron chi connectivity index (χ1n) is 9.02. The van der Waals surface area contributed by atoms with Crippen LogP contribution in [0.1, 0.15) is 44.2 Å². The molecule has 0 bridgehead atoms. The molecule has 2 aromatic rings. The fraction of sp³-hybridized carbons (Fsp3) is 0.409. The van der Waals surface area contributed by atoms with Crippen LogP contribution >= 0.6 is 0 Å². The van der Waals surface area contributed by atoms with Gasteiger partial charge in [-0.2, -0.15) is 5.26 Å². The van der Waals surface area contributed by atoms with Crippen molar-refractivity contribution in [1.29, 1.82) is 5.26 Å². The number of nitriles is 1. The molecule has 1 aliphatic heterocycles. The van der Waals surface area contributed by atoms with E-state index >= 15 is 0 Å². The predicted octanol–water partition coefficient (Wildman–Crippen LogP) is 5.03. The lowest BCUT2D eigenvalue weighted by molar-refractivity contribution is 0.212. The summed E-state index contributed by atoms with van der Waals surface area (Å²) in [6, 6.07) is 20.3. The molecule has 0 N–H and O–H groups in total. The molecule has 124 valence electrons. The van der Waals surface area contributed by atoms with E-state index in [9.17, 15) is 0 Å². The maximum absolute atomic E-state index is 8.88. The molecule has 2 aromatic carbocycles. The van der Waals surface area contributed by atoms with Crippen LogP contribution in [0.25, 0.3) is 11.1 Å². The Labute approximate surface area is 145 Å². The first-order valence-corrected chi connectivity index (χ1v) is 9.02. The Kier molecular flexibility index (Phi) is 5.33. The number of hydrogen-bond acceptors (Lipinski definition) is 2. The summed E-state index contributed by atoms with van der Waals surface area (Å²) in [5.74, 6) is 0. The summed E-state index contributed by atoms with van der Waals surface area (Å²) in [6.07, 6.45) is 5.06.